The van der Waals surface area contributed by atoms with Crippen LogP contribution in [0.15, 0.2) is 78.9 Å². The second kappa shape index (κ2) is 8.88. The third-order valence-electron chi connectivity index (χ3n) is 3.88. The van der Waals surface area contributed by atoms with Crippen LogP contribution in [0.2, 0.25) is 0 Å². The smallest absolute Gasteiger partial charge is 0.269 e. The van der Waals surface area contributed by atoms with E-state index in [1.165, 1.54) is 24.3 Å². The quantitative estimate of drug-likeness (QED) is 0.471. The van der Waals surface area contributed by atoms with Crippen LogP contribution in [0.5, 0.6) is 0 Å². The lowest BCUT2D eigenvalue weighted by Crippen LogP contribution is -2.48. The summed E-state index contributed by atoms with van der Waals surface area (Å²) in [7, 11) is 0. The molecular weight excluding hydrogens is 377 g/mol. The van der Waals surface area contributed by atoms with E-state index in [2.05, 4.69) is 16.2 Å². The van der Waals surface area contributed by atoms with Crippen LogP contribution in [0, 0.1) is 5.82 Å². The molecule has 7 heteroatoms. The van der Waals surface area contributed by atoms with E-state index in [1.807, 2.05) is 42.5 Å². The molecule has 0 saturated heterocycles. The molecule has 0 fully saturated rings. The zero-order valence-electron chi connectivity index (χ0n) is 14.6. The van der Waals surface area contributed by atoms with Crippen LogP contribution in [0.4, 0.5) is 4.39 Å². The fraction of sp³-hybridized carbons (Fsp3) is 0. The lowest BCUT2D eigenvalue weighted by atomic mass is 10.0. The Morgan fingerprint density at radius 2 is 1.21 bits per heavy atom. The molecule has 3 aromatic carbocycles. The van der Waals surface area contributed by atoms with E-state index in [1.54, 1.807) is 12.1 Å². The Bertz CT molecular complexity index is 990. The van der Waals surface area contributed by atoms with Gasteiger partial charge in [0, 0.05) is 11.1 Å². The van der Waals surface area contributed by atoms with Gasteiger partial charge in [0.05, 0.1) is 0 Å². The Morgan fingerprint density at radius 3 is 1.86 bits per heavy atom. The van der Waals surface area contributed by atoms with Gasteiger partial charge in [-0.2, -0.15) is 0 Å². The molecule has 3 N–H and O–H groups in total. The molecule has 0 aromatic heterocycles. The maximum atomic E-state index is 12.9. The first-order valence-corrected chi connectivity index (χ1v) is 8.76. The third-order valence-corrected chi connectivity index (χ3v) is 4.08. The number of halogens is 1. The van der Waals surface area contributed by atoms with E-state index < -0.39 is 17.6 Å². The van der Waals surface area contributed by atoms with Gasteiger partial charge in [-0.3, -0.25) is 25.8 Å². The van der Waals surface area contributed by atoms with Crippen molar-refractivity contribution >= 4 is 29.1 Å². The second-order valence-electron chi connectivity index (χ2n) is 5.81. The average molecular weight is 393 g/mol. The van der Waals surface area contributed by atoms with Crippen molar-refractivity contribution in [3.63, 3.8) is 0 Å². The number of carbonyl (C=O) groups is 2. The monoisotopic (exact) mass is 393 g/mol. The van der Waals surface area contributed by atoms with E-state index in [4.69, 9.17) is 12.2 Å². The van der Waals surface area contributed by atoms with Crippen molar-refractivity contribution in [1.82, 2.24) is 16.2 Å². The molecule has 5 nitrogen and oxygen atoms in total. The van der Waals surface area contributed by atoms with Crippen LogP contribution in [0.3, 0.4) is 0 Å². The van der Waals surface area contributed by atoms with Crippen molar-refractivity contribution < 1.29 is 14.0 Å². The summed E-state index contributed by atoms with van der Waals surface area (Å²) in [5.41, 5.74) is 7.60. The highest BCUT2D eigenvalue weighted by molar-refractivity contribution is 7.80. The summed E-state index contributed by atoms with van der Waals surface area (Å²) >= 11 is 4.98. The van der Waals surface area contributed by atoms with Crippen LogP contribution in [0.25, 0.3) is 11.1 Å². The van der Waals surface area contributed by atoms with Gasteiger partial charge in [0.1, 0.15) is 5.82 Å². The third kappa shape index (κ3) is 4.99. The average Bonchev–Trinajstić information content (AvgIpc) is 2.73. The Morgan fingerprint density at radius 1 is 0.679 bits per heavy atom. The lowest BCUT2D eigenvalue weighted by Gasteiger charge is -2.11. The Kier molecular flexibility index (Phi) is 6.08. The topological polar surface area (TPSA) is 70.2 Å². The largest absolute Gasteiger partial charge is 0.298 e. The van der Waals surface area contributed by atoms with E-state index in [0.717, 1.165) is 11.1 Å². The Hall–Kier alpha value is -3.58. The first-order chi connectivity index (χ1) is 13.5. The number of thiocarbonyl (C=S) groups is 1. The molecule has 3 rings (SSSR count). The molecule has 0 aliphatic rings. The summed E-state index contributed by atoms with van der Waals surface area (Å²) in [6, 6.07) is 21.9. The van der Waals surface area contributed by atoms with Crippen LogP contribution < -0.4 is 16.2 Å². The van der Waals surface area contributed by atoms with Crippen molar-refractivity contribution in [3.05, 3.63) is 95.8 Å². The summed E-state index contributed by atoms with van der Waals surface area (Å²) in [4.78, 5) is 24.2. The highest BCUT2D eigenvalue weighted by Crippen LogP contribution is 2.19. The number of amides is 2. The predicted molar refractivity (Wildman–Crippen MR) is 109 cm³/mol. The van der Waals surface area contributed by atoms with Gasteiger partial charge in [0.15, 0.2) is 5.11 Å². The molecule has 2 amide bonds. The van der Waals surface area contributed by atoms with Crippen LogP contribution >= 0.6 is 12.2 Å². The number of rotatable bonds is 3. The molecule has 0 unspecified atom stereocenters. The van der Waals surface area contributed by atoms with Gasteiger partial charge in [0.25, 0.3) is 11.8 Å². The zero-order valence-corrected chi connectivity index (χ0v) is 15.4. The standard InChI is InChI=1S/C21H16FN3O2S/c22-18-12-10-16(11-13-18)19(26)23-21(28)25-24-20(27)17-8-6-15(7-9-17)14-4-2-1-3-5-14/h1-13H,(H,24,27)(H2,23,25,26,28). The molecule has 0 atom stereocenters. The van der Waals surface area contributed by atoms with Crippen molar-refractivity contribution in [2.75, 3.05) is 0 Å². The SMILES string of the molecule is O=C(NNC(=S)NC(=O)c1ccc(F)cc1)c1ccc(-c2ccccc2)cc1. The van der Waals surface area contributed by atoms with Crippen LogP contribution in [-0.2, 0) is 0 Å². The number of hydrogen-bond acceptors (Lipinski definition) is 3. The zero-order chi connectivity index (χ0) is 19.9. The fourth-order valence-electron chi connectivity index (χ4n) is 2.44. The summed E-state index contributed by atoms with van der Waals surface area (Å²) in [6.45, 7) is 0. The van der Waals surface area contributed by atoms with Crippen molar-refractivity contribution in [3.8, 4) is 11.1 Å². The van der Waals surface area contributed by atoms with E-state index in [9.17, 15) is 14.0 Å². The molecule has 0 heterocycles. The molecule has 0 aliphatic heterocycles. The van der Waals surface area contributed by atoms with Crippen LogP contribution in [0.1, 0.15) is 20.7 Å². The van der Waals surface area contributed by atoms with Gasteiger partial charge >= 0.3 is 0 Å². The van der Waals surface area contributed by atoms with Crippen molar-refractivity contribution in [2.24, 2.45) is 0 Å². The molecular formula is C21H16FN3O2S. The highest BCUT2D eigenvalue weighted by Gasteiger charge is 2.10. The summed E-state index contributed by atoms with van der Waals surface area (Å²) < 4.78 is 12.9. The lowest BCUT2D eigenvalue weighted by molar-refractivity contribution is 0.0934. The van der Waals surface area contributed by atoms with Gasteiger partial charge in [-0.1, -0.05) is 42.5 Å². The van der Waals surface area contributed by atoms with Crippen LogP contribution in [-0.4, -0.2) is 16.9 Å². The van der Waals surface area contributed by atoms with E-state index >= 15 is 0 Å². The number of hydrazine groups is 1. The highest BCUT2D eigenvalue weighted by atomic mass is 32.1. The summed E-state index contributed by atoms with van der Waals surface area (Å²) in [6.07, 6.45) is 0. The molecule has 3 aromatic rings. The predicted octanol–water partition coefficient (Wildman–Crippen LogP) is 3.44. The minimum atomic E-state index is -0.515. The molecule has 0 spiro atoms. The van der Waals surface area contributed by atoms with Gasteiger partial charge < -0.3 is 0 Å². The molecule has 0 aliphatic carbocycles. The number of carbonyl (C=O) groups excluding carboxylic acids is 2. The first kappa shape index (κ1) is 19.2. The van der Waals surface area contributed by atoms with Crippen molar-refractivity contribution in [1.29, 1.82) is 0 Å². The van der Waals surface area contributed by atoms with E-state index in [-0.39, 0.29) is 10.7 Å². The normalized spacial score (nSPS) is 10.0. The molecule has 0 saturated carbocycles. The molecule has 28 heavy (non-hydrogen) atoms. The number of benzene rings is 3. The van der Waals surface area contributed by atoms with Gasteiger partial charge in [0.2, 0.25) is 0 Å². The maximum absolute atomic E-state index is 12.9. The van der Waals surface area contributed by atoms with E-state index in [0.29, 0.717) is 5.56 Å². The minimum Gasteiger partial charge on any atom is -0.298 e. The first-order valence-electron chi connectivity index (χ1n) is 8.35. The van der Waals surface area contributed by atoms with Gasteiger partial charge in [-0.05, 0) is 59.7 Å². The molecule has 0 radical (unpaired) electrons. The van der Waals surface area contributed by atoms with Crippen molar-refractivity contribution in [2.45, 2.75) is 0 Å². The maximum Gasteiger partial charge on any atom is 0.269 e. The van der Waals surface area contributed by atoms with Gasteiger partial charge in [-0.15, -0.1) is 0 Å². The molecule has 140 valence electrons. The minimum absolute atomic E-state index is 0.0800. The Labute approximate surface area is 166 Å². The Balaban J connectivity index is 1.52. The summed E-state index contributed by atoms with van der Waals surface area (Å²) in [5, 5.41) is 2.32. The number of hydrogen-bond donors (Lipinski definition) is 3. The molecule has 0 bridgehead atoms. The van der Waals surface area contributed by atoms with Gasteiger partial charge in [-0.25, -0.2) is 4.39 Å². The summed E-state index contributed by atoms with van der Waals surface area (Å²) in [5.74, 6) is -1.36. The second-order valence-corrected chi connectivity index (χ2v) is 6.22. The fourth-order valence-corrected chi connectivity index (χ4v) is 2.58. The number of nitrogens with one attached hydrogen (secondary N) is 3.